The van der Waals surface area contributed by atoms with E-state index in [4.69, 9.17) is 0 Å². The lowest BCUT2D eigenvalue weighted by atomic mass is 10.0. The third kappa shape index (κ3) is 23.5. The van der Waals surface area contributed by atoms with Crippen LogP contribution in [0.15, 0.2) is 12.3 Å². The van der Waals surface area contributed by atoms with Crippen LogP contribution in [0.3, 0.4) is 0 Å². The molecule has 0 N–H and O–H groups in total. The SMILES string of the molecule is CCCCCCCCCCCCCCCCCCCCC/C=C/N(C)C. The van der Waals surface area contributed by atoms with Gasteiger partial charge in [-0.2, -0.15) is 0 Å². The molecule has 0 bridgehead atoms. The van der Waals surface area contributed by atoms with E-state index in [1.165, 1.54) is 128 Å². The molecular formula is C25H51N. The van der Waals surface area contributed by atoms with Crippen molar-refractivity contribution >= 4 is 0 Å². The standard InChI is InChI=1S/C25H51N/c1-4-5-6-7-8-9-10-11-12-13-14-15-16-17-18-19-20-21-22-23-24-25-26(2)3/h24-25H,4-23H2,1-3H3/b25-24+. The summed E-state index contributed by atoms with van der Waals surface area (Å²) in [6.45, 7) is 2.30. The summed E-state index contributed by atoms with van der Waals surface area (Å²) < 4.78 is 0. The highest BCUT2D eigenvalue weighted by molar-refractivity contribution is 4.78. The lowest BCUT2D eigenvalue weighted by molar-refractivity contribution is 0.523. The molecule has 26 heavy (non-hydrogen) atoms. The first kappa shape index (κ1) is 25.5. The Morgan fingerprint density at radius 3 is 1.08 bits per heavy atom. The minimum Gasteiger partial charge on any atom is -0.384 e. The second-order valence-corrected chi connectivity index (χ2v) is 8.50. The predicted molar refractivity (Wildman–Crippen MR) is 121 cm³/mol. The molecule has 0 rings (SSSR count). The Kier molecular flexibility index (Phi) is 22.2. The fraction of sp³-hybridized carbons (Fsp3) is 0.920. The van der Waals surface area contributed by atoms with Crippen molar-refractivity contribution in [2.45, 2.75) is 135 Å². The molecular weight excluding hydrogens is 314 g/mol. The van der Waals surface area contributed by atoms with Crippen LogP contribution in [-0.4, -0.2) is 19.0 Å². The summed E-state index contributed by atoms with van der Waals surface area (Å²) in [5.41, 5.74) is 0. The lowest BCUT2D eigenvalue weighted by Crippen LogP contribution is -1.99. The minimum atomic E-state index is 1.25. The van der Waals surface area contributed by atoms with E-state index in [1.54, 1.807) is 0 Å². The largest absolute Gasteiger partial charge is 0.384 e. The number of rotatable bonds is 21. The highest BCUT2D eigenvalue weighted by Gasteiger charge is 1.95. The van der Waals surface area contributed by atoms with E-state index in [0.29, 0.717) is 0 Å². The number of unbranched alkanes of at least 4 members (excludes halogenated alkanes) is 19. The zero-order chi connectivity index (χ0) is 19.1. The fourth-order valence-corrected chi connectivity index (χ4v) is 3.63. The molecule has 156 valence electrons. The third-order valence-corrected chi connectivity index (χ3v) is 5.38. The molecule has 0 aliphatic carbocycles. The molecule has 0 aliphatic heterocycles. The van der Waals surface area contributed by atoms with Crippen LogP contribution in [0.25, 0.3) is 0 Å². The van der Waals surface area contributed by atoms with Crippen molar-refractivity contribution < 1.29 is 0 Å². The zero-order valence-electron chi connectivity index (χ0n) is 18.7. The maximum Gasteiger partial charge on any atom is 0.00555 e. The van der Waals surface area contributed by atoms with Gasteiger partial charge in [0.05, 0.1) is 0 Å². The maximum atomic E-state index is 2.30. The van der Waals surface area contributed by atoms with Gasteiger partial charge in [0.25, 0.3) is 0 Å². The minimum absolute atomic E-state index is 1.25. The summed E-state index contributed by atoms with van der Waals surface area (Å²) in [6.07, 6.45) is 33.4. The monoisotopic (exact) mass is 365 g/mol. The van der Waals surface area contributed by atoms with Crippen LogP contribution in [-0.2, 0) is 0 Å². The third-order valence-electron chi connectivity index (χ3n) is 5.38. The van der Waals surface area contributed by atoms with Gasteiger partial charge in [0.1, 0.15) is 0 Å². The zero-order valence-corrected chi connectivity index (χ0v) is 18.7. The average Bonchev–Trinajstić information content (AvgIpc) is 2.62. The quantitative estimate of drug-likeness (QED) is 0.183. The molecule has 0 saturated carbocycles. The average molecular weight is 366 g/mol. The van der Waals surface area contributed by atoms with Crippen LogP contribution >= 0.6 is 0 Å². The van der Waals surface area contributed by atoms with Crippen LogP contribution in [0.1, 0.15) is 135 Å². The second kappa shape index (κ2) is 22.6. The normalized spacial score (nSPS) is 11.5. The molecule has 0 amide bonds. The second-order valence-electron chi connectivity index (χ2n) is 8.50. The van der Waals surface area contributed by atoms with Crippen molar-refractivity contribution in [1.29, 1.82) is 0 Å². The highest BCUT2D eigenvalue weighted by Crippen LogP contribution is 2.14. The Labute approximate surface area is 167 Å². The summed E-state index contributed by atoms with van der Waals surface area (Å²) >= 11 is 0. The van der Waals surface area contributed by atoms with Crippen LogP contribution in [0.4, 0.5) is 0 Å². The van der Waals surface area contributed by atoms with Gasteiger partial charge in [-0.25, -0.2) is 0 Å². The van der Waals surface area contributed by atoms with E-state index in [1.807, 2.05) is 0 Å². The first-order valence-electron chi connectivity index (χ1n) is 12.1. The van der Waals surface area contributed by atoms with Gasteiger partial charge in [-0.05, 0) is 19.0 Å². The summed E-state index contributed by atoms with van der Waals surface area (Å²) in [7, 11) is 4.18. The van der Waals surface area contributed by atoms with Gasteiger partial charge in [-0.1, -0.05) is 129 Å². The molecule has 0 aromatic heterocycles. The van der Waals surface area contributed by atoms with Gasteiger partial charge < -0.3 is 4.90 Å². The molecule has 1 heteroatoms. The molecule has 0 spiro atoms. The lowest BCUT2D eigenvalue weighted by Gasteiger charge is -2.04. The van der Waals surface area contributed by atoms with Crippen molar-refractivity contribution in [3.63, 3.8) is 0 Å². The van der Waals surface area contributed by atoms with Crippen LogP contribution < -0.4 is 0 Å². The Hall–Kier alpha value is -0.460. The summed E-state index contributed by atoms with van der Waals surface area (Å²) in [5, 5.41) is 0. The van der Waals surface area contributed by atoms with Crippen molar-refractivity contribution in [3.8, 4) is 0 Å². The molecule has 0 aromatic carbocycles. The van der Waals surface area contributed by atoms with Crippen LogP contribution in [0, 0.1) is 0 Å². The van der Waals surface area contributed by atoms with Gasteiger partial charge in [0.15, 0.2) is 0 Å². The van der Waals surface area contributed by atoms with Crippen molar-refractivity contribution in [2.75, 3.05) is 14.1 Å². The fourth-order valence-electron chi connectivity index (χ4n) is 3.63. The Balaban J connectivity index is 3.01. The van der Waals surface area contributed by atoms with Gasteiger partial charge in [-0.3, -0.25) is 0 Å². The Morgan fingerprint density at radius 1 is 0.462 bits per heavy atom. The molecule has 0 heterocycles. The Bertz CT molecular complexity index is 269. The highest BCUT2D eigenvalue weighted by atomic mass is 15.0. The van der Waals surface area contributed by atoms with E-state index in [0.717, 1.165) is 0 Å². The van der Waals surface area contributed by atoms with E-state index in [9.17, 15) is 0 Å². The first-order valence-corrected chi connectivity index (χ1v) is 12.1. The Morgan fingerprint density at radius 2 is 0.769 bits per heavy atom. The van der Waals surface area contributed by atoms with Gasteiger partial charge in [0.2, 0.25) is 0 Å². The molecule has 0 unspecified atom stereocenters. The van der Waals surface area contributed by atoms with Gasteiger partial charge in [0, 0.05) is 14.1 Å². The topological polar surface area (TPSA) is 3.24 Å². The number of hydrogen-bond donors (Lipinski definition) is 0. The van der Waals surface area contributed by atoms with E-state index >= 15 is 0 Å². The van der Waals surface area contributed by atoms with E-state index in [-0.39, 0.29) is 0 Å². The van der Waals surface area contributed by atoms with Gasteiger partial charge >= 0.3 is 0 Å². The number of hydrogen-bond acceptors (Lipinski definition) is 1. The molecule has 0 atom stereocenters. The molecule has 0 saturated heterocycles. The number of allylic oxidation sites excluding steroid dienone is 1. The maximum absolute atomic E-state index is 2.30. The predicted octanol–water partition coefficient (Wildman–Crippen LogP) is 8.88. The molecule has 0 fully saturated rings. The van der Waals surface area contributed by atoms with Crippen LogP contribution in [0.2, 0.25) is 0 Å². The summed E-state index contributed by atoms with van der Waals surface area (Å²) in [6, 6.07) is 0. The first-order chi connectivity index (χ1) is 12.8. The van der Waals surface area contributed by atoms with E-state index in [2.05, 4.69) is 38.2 Å². The van der Waals surface area contributed by atoms with Crippen molar-refractivity contribution in [1.82, 2.24) is 4.90 Å². The summed E-state index contributed by atoms with van der Waals surface area (Å²) in [4.78, 5) is 2.12. The molecule has 0 aromatic rings. The van der Waals surface area contributed by atoms with Crippen LogP contribution in [0.5, 0.6) is 0 Å². The number of nitrogens with zero attached hydrogens (tertiary/aromatic N) is 1. The molecule has 1 nitrogen and oxygen atoms in total. The van der Waals surface area contributed by atoms with Crippen molar-refractivity contribution in [2.24, 2.45) is 0 Å². The smallest absolute Gasteiger partial charge is 0.00555 e. The molecule has 0 aliphatic rings. The summed E-state index contributed by atoms with van der Waals surface area (Å²) in [5.74, 6) is 0. The van der Waals surface area contributed by atoms with E-state index < -0.39 is 0 Å². The van der Waals surface area contributed by atoms with Crippen molar-refractivity contribution in [3.05, 3.63) is 12.3 Å². The van der Waals surface area contributed by atoms with Gasteiger partial charge in [-0.15, -0.1) is 0 Å². The molecule has 0 radical (unpaired) electrons.